The third kappa shape index (κ3) is 3.46. The maximum atomic E-state index is 12.1. The van der Waals surface area contributed by atoms with Gasteiger partial charge in [0.25, 0.3) is 10.1 Å². The number of aliphatic hydroxyl groups excluding tert-OH is 4. The monoisotopic (exact) mass is 334 g/mol. The zero-order valence-electron chi connectivity index (χ0n) is 11.7. The molecule has 2 rings (SSSR count). The molecule has 1 heterocycles. The van der Waals surface area contributed by atoms with Crippen molar-refractivity contribution in [2.75, 3.05) is 6.61 Å². The molecule has 124 valence electrons. The number of aliphatic hydroxyl groups is 4. The van der Waals surface area contributed by atoms with E-state index in [9.17, 15) is 23.7 Å². The molecule has 5 atom stereocenters. The van der Waals surface area contributed by atoms with E-state index in [0.29, 0.717) is 0 Å². The smallest absolute Gasteiger partial charge is 0.299 e. The van der Waals surface area contributed by atoms with E-state index in [4.69, 9.17) is 14.0 Å². The summed E-state index contributed by atoms with van der Waals surface area (Å²) in [5, 5.41) is 38.0. The minimum Gasteiger partial charge on any atom is -0.394 e. The Morgan fingerprint density at radius 2 is 1.68 bits per heavy atom. The fourth-order valence-corrected chi connectivity index (χ4v) is 3.02. The van der Waals surface area contributed by atoms with Crippen LogP contribution in [-0.4, -0.2) is 66.2 Å². The minimum absolute atomic E-state index is 0.143. The standard InChI is InChI=1S/C13H18O8S/c1-7-2-4-8(5-3-7)22(18,19)21-13-12(17)11(16)10(15)9(6-14)20-13/h2-5,9-17H,6H2,1H3/t9-,10+,11+,12-,13+/m1/s1. The number of hydrogen-bond donors (Lipinski definition) is 4. The molecule has 1 aliphatic heterocycles. The van der Waals surface area contributed by atoms with Crippen molar-refractivity contribution in [1.29, 1.82) is 0 Å². The largest absolute Gasteiger partial charge is 0.394 e. The van der Waals surface area contributed by atoms with Crippen molar-refractivity contribution in [2.45, 2.75) is 42.5 Å². The molecule has 1 aromatic rings. The van der Waals surface area contributed by atoms with Crippen LogP contribution in [0.3, 0.4) is 0 Å². The van der Waals surface area contributed by atoms with Gasteiger partial charge in [0.2, 0.25) is 6.29 Å². The van der Waals surface area contributed by atoms with Gasteiger partial charge >= 0.3 is 0 Å². The topological polar surface area (TPSA) is 134 Å². The van der Waals surface area contributed by atoms with Crippen molar-refractivity contribution in [3.05, 3.63) is 29.8 Å². The molecule has 4 N–H and O–H groups in total. The lowest BCUT2D eigenvalue weighted by molar-refractivity contribution is -0.276. The van der Waals surface area contributed by atoms with E-state index in [2.05, 4.69) is 0 Å². The summed E-state index contributed by atoms with van der Waals surface area (Å²) in [5.74, 6) is 0. The molecule has 9 heteroatoms. The number of hydrogen-bond acceptors (Lipinski definition) is 8. The SMILES string of the molecule is Cc1ccc(S(=O)(=O)O[C@@H]2O[C@H](CO)[C@H](O)[C@H](O)[C@H]2O)cc1. The Bertz CT molecular complexity index is 597. The van der Waals surface area contributed by atoms with Crippen LogP contribution in [0.1, 0.15) is 5.56 Å². The number of ether oxygens (including phenoxy) is 1. The van der Waals surface area contributed by atoms with Crippen molar-refractivity contribution in [3.63, 3.8) is 0 Å². The van der Waals surface area contributed by atoms with E-state index in [-0.39, 0.29) is 4.90 Å². The van der Waals surface area contributed by atoms with Gasteiger partial charge in [-0.2, -0.15) is 8.42 Å². The van der Waals surface area contributed by atoms with Crippen LogP contribution in [0.2, 0.25) is 0 Å². The highest BCUT2D eigenvalue weighted by atomic mass is 32.2. The van der Waals surface area contributed by atoms with Gasteiger partial charge in [-0.1, -0.05) is 17.7 Å². The molecule has 0 amide bonds. The third-order valence-corrected chi connectivity index (χ3v) is 4.67. The molecule has 8 nitrogen and oxygen atoms in total. The molecule has 1 aromatic carbocycles. The number of aryl methyl sites for hydroxylation is 1. The highest BCUT2D eigenvalue weighted by Crippen LogP contribution is 2.25. The molecular formula is C13H18O8S. The van der Waals surface area contributed by atoms with E-state index >= 15 is 0 Å². The zero-order chi connectivity index (χ0) is 16.5. The molecule has 0 bridgehead atoms. The van der Waals surface area contributed by atoms with Crippen LogP contribution in [0.25, 0.3) is 0 Å². The normalized spacial score (nSPS) is 32.9. The molecule has 1 saturated heterocycles. The van der Waals surface area contributed by atoms with Crippen LogP contribution in [0.5, 0.6) is 0 Å². The van der Waals surface area contributed by atoms with Gasteiger partial charge in [-0.15, -0.1) is 0 Å². The Kier molecular flexibility index (Phi) is 5.17. The predicted octanol–water partition coefficient (Wildman–Crippen LogP) is -1.50. The first-order valence-corrected chi connectivity index (χ1v) is 7.97. The average molecular weight is 334 g/mol. The van der Waals surface area contributed by atoms with Gasteiger partial charge in [-0.25, -0.2) is 4.18 Å². The van der Waals surface area contributed by atoms with E-state index in [0.717, 1.165) is 5.56 Å². The Labute approximate surface area is 127 Å². The summed E-state index contributed by atoms with van der Waals surface area (Å²) in [6.07, 6.45) is -8.04. The summed E-state index contributed by atoms with van der Waals surface area (Å²) in [6, 6.07) is 5.80. The molecule has 1 aliphatic rings. The van der Waals surface area contributed by atoms with Gasteiger partial charge in [0.05, 0.1) is 11.5 Å². The van der Waals surface area contributed by atoms with Crippen molar-refractivity contribution in [3.8, 4) is 0 Å². The van der Waals surface area contributed by atoms with Gasteiger partial charge in [0.1, 0.15) is 24.4 Å². The first-order chi connectivity index (χ1) is 10.3. The molecule has 1 fully saturated rings. The van der Waals surface area contributed by atoms with Gasteiger partial charge in [0, 0.05) is 0 Å². The average Bonchev–Trinajstić information content (AvgIpc) is 2.48. The number of benzene rings is 1. The van der Waals surface area contributed by atoms with E-state index in [1.807, 2.05) is 0 Å². The van der Waals surface area contributed by atoms with Gasteiger partial charge < -0.3 is 25.2 Å². The van der Waals surface area contributed by atoms with E-state index in [1.54, 1.807) is 19.1 Å². The quantitative estimate of drug-likeness (QED) is 0.489. The molecule has 0 spiro atoms. The maximum absolute atomic E-state index is 12.1. The van der Waals surface area contributed by atoms with Gasteiger partial charge in [-0.05, 0) is 19.1 Å². The molecule has 0 radical (unpaired) electrons. The fourth-order valence-electron chi connectivity index (χ4n) is 2.03. The molecular weight excluding hydrogens is 316 g/mol. The van der Waals surface area contributed by atoms with E-state index < -0.39 is 47.4 Å². The summed E-state index contributed by atoms with van der Waals surface area (Å²) in [7, 11) is -4.24. The summed E-state index contributed by atoms with van der Waals surface area (Å²) in [4.78, 5) is -0.143. The fraction of sp³-hybridized carbons (Fsp3) is 0.538. The maximum Gasteiger partial charge on any atom is 0.299 e. The Morgan fingerprint density at radius 3 is 2.23 bits per heavy atom. The molecule has 22 heavy (non-hydrogen) atoms. The number of rotatable bonds is 4. The van der Waals surface area contributed by atoms with Crippen LogP contribution in [0, 0.1) is 6.92 Å². The lowest BCUT2D eigenvalue weighted by Crippen LogP contribution is -2.59. The summed E-state index contributed by atoms with van der Waals surface area (Å²) in [5.41, 5.74) is 0.854. The van der Waals surface area contributed by atoms with Crippen LogP contribution >= 0.6 is 0 Å². The Morgan fingerprint density at radius 1 is 1.09 bits per heavy atom. The second-order valence-electron chi connectivity index (χ2n) is 5.06. The van der Waals surface area contributed by atoms with Gasteiger partial charge in [-0.3, -0.25) is 0 Å². The lowest BCUT2D eigenvalue weighted by Gasteiger charge is -2.39. The van der Waals surface area contributed by atoms with Crippen molar-refractivity contribution in [2.24, 2.45) is 0 Å². The molecule has 0 aromatic heterocycles. The van der Waals surface area contributed by atoms with Crippen LogP contribution in [-0.2, 0) is 19.0 Å². The molecule has 0 aliphatic carbocycles. The highest BCUT2D eigenvalue weighted by molar-refractivity contribution is 7.86. The van der Waals surface area contributed by atoms with Crippen LogP contribution in [0.15, 0.2) is 29.2 Å². The van der Waals surface area contributed by atoms with Crippen molar-refractivity contribution < 1.29 is 37.8 Å². The van der Waals surface area contributed by atoms with E-state index in [1.165, 1.54) is 12.1 Å². The Hall–Kier alpha value is -1.07. The second kappa shape index (κ2) is 6.59. The van der Waals surface area contributed by atoms with Crippen LogP contribution < -0.4 is 0 Å². The first-order valence-electron chi connectivity index (χ1n) is 6.57. The van der Waals surface area contributed by atoms with Crippen LogP contribution in [0.4, 0.5) is 0 Å². The highest BCUT2D eigenvalue weighted by Gasteiger charge is 2.45. The van der Waals surface area contributed by atoms with Gasteiger partial charge in [0.15, 0.2) is 0 Å². The van der Waals surface area contributed by atoms with Crippen molar-refractivity contribution >= 4 is 10.1 Å². The molecule has 0 saturated carbocycles. The summed E-state index contributed by atoms with van der Waals surface area (Å²) < 4.78 is 34.0. The first kappa shape index (κ1) is 17.3. The lowest BCUT2D eigenvalue weighted by atomic mass is 10.00. The molecule has 0 unspecified atom stereocenters. The summed E-state index contributed by atoms with van der Waals surface area (Å²) >= 11 is 0. The van der Waals surface area contributed by atoms with Crippen molar-refractivity contribution in [1.82, 2.24) is 0 Å². The summed E-state index contributed by atoms with van der Waals surface area (Å²) in [6.45, 7) is 1.12. The Balaban J connectivity index is 2.19. The third-order valence-electron chi connectivity index (χ3n) is 3.38. The second-order valence-corrected chi connectivity index (χ2v) is 6.63. The predicted molar refractivity (Wildman–Crippen MR) is 73.2 cm³/mol. The minimum atomic E-state index is -4.24. The zero-order valence-corrected chi connectivity index (χ0v) is 12.5.